The molecule has 0 aromatic rings. The number of amides is 1. The molecule has 0 aromatic heterocycles. The molecule has 0 saturated heterocycles. The summed E-state index contributed by atoms with van der Waals surface area (Å²) >= 11 is 0. The smallest absolute Gasteiger partial charge is 0.220 e. The van der Waals surface area contributed by atoms with Crippen molar-refractivity contribution in [2.24, 2.45) is 23.7 Å². The molecule has 0 aromatic carbocycles. The number of carbonyl (C=O) groups is 1. The van der Waals surface area contributed by atoms with Crippen molar-refractivity contribution in [2.75, 3.05) is 0 Å². The third kappa shape index (κ3) is 5.70. The Labute approximate surface area is 170 Å². The predicted molar refractivity (Wildman–Crippen MR) is 113 cm³/mol. The lowest BCUT2D eigenvalue weighted by Gasteiger charge is -2.19. The number of hydrogen-bond acceptors (Lipinski definition) is 3. The van der Waals surface area contributed by atoms with Crippen LogP contribution in [0.15, 0.2) is 23.8 Å². The fourth-order valence-corrected chi connectivity index (χ4v) is 5.60. The molecule has 3 aliphatic carbocycles. The number of unbranched alkanes of at least 4 members (excludes halogenated alkanes) is 1. The van der Waals surface area contributed by atoms with Gasteiger partial charge in [-0.15, -0.1) is 0 Å². The highest BCUT2D eigenvalue weighted by molar-refractivity contribution is 5.76. The zero-order valence-electron chi connectivity index (χ0n) is 17.6. The van der Waals surface area contributed by atoms with Gasteiger partial charge in [0, 0.05) is 18.4 Å². The van der Waals surface area contributed by atoms with Crippen molar-refractivity contribution in [1.82, 2.24) is 5.32 Å². The number of aliphatic hydroxyl groups excluding tert-OH is 2. The summed E-state index contributed by atoms with van der Waals surface area (Å²) in [7, 11) is 0. The Morgan fingerprint density at radius 1 is 1.25 bits per heavy atom. The molecule has 4 nitrogen and oxygen atoms in total. The van der Waals surface area contributed by atoms with Crippen molar-refractivity contribution in [3.8, 4) is 0 Å². The van der Waals surface area contributed by atoms with Crippen molar-refractivity contribution in [1.29, 1.82) is 0 Å². The number of rotatable bonds is 8. The molecule has 0 spiro atoms. The minimum Gasteiger partial charge on any atom is -0.392 e. The summed E-state index contributed by atoms with van der Waals surface area (Å²) in [6.45, 7) is 3.98. The number of carbonyl (C=O) groups excluding carboxylic acids is 1. The summed E-state index contributed by atoms with van der Waals surface area (Å²) in [6, 6.07) is 0.212. The molecule has 3 saturated carbocycles. The highest BCUT2D eigenvalue weighted by Crippen LogP contribution is 2.50. The lowest BCUT2D eigenvalue weighted by molar-refractivity contribution is -0.121. The van der Waals surface area contributed by atoms with Crippen molar-refractivity contribution in [3.63, 3.8) is 0 Å². The van der Waals surface area contributed by atoms with Gasteiger partial charge in [0.2, 0.25) is 5.91 Å². The molecule has 3 N–H and O–H groups in total. The van der Waals surface area contributed by atoms with Crippen LogP contribution < -0.4 is 5.32 Å². The van der Waals surface area contributed by atoms with Gasteiger partial charge in [0.05, 0.1) is 12.2 Å². The van der Waals surface area contributed by atoms with E-state index in [0.29, 0.717) is 24.2 Å². The second-order valence-electron chi connectivity index (χ2n) is 9.61. The Kier molecular flexibility index (Phi) is 7.76. The van der Waals surface area contributed by atoms with E-state index in [1.807, 2.05) is 19.9 Å². The predicted octanol–water partition coefficient (Wildman–Crippen LogP) is 4.12. The van der Waals surface area contributed by atoms with Crippen LogP contribution in [0.3, 0.4) is 0 Å². The maximum atomic E-state index is 11.7. The molecule has 3 aliphatic rings. The van der Waals surface area contributed by atoms with Gasteiger partial charge in [-0.1, -0.05) is 36.6 Å². The first-order chi connectivity index (χ1) is 13.4. The number of nitrogens with one attached hydrogen (secondary N) is 1. The van der Waals surface area contributed by atoms with E-state index in [-0.39, 0.29) is 30.1 Å². The van der Waals surface area contributed by atoms with Crippen molar-refractivity contribution in [3.05, 3.63) is 23.8 Å². The van der Waals surface area contributed by atoms with E-state index in [0.717, 1.165) is 44.9 Å². The Morgan fingerprint density at radius 3 is 2.71 bits per heavy atom. The summed E-state index contributed by atoms with van der Waals surface area (Å²) < 4.78 is 0. The Hall–Kier alpha value is -1.13. The van der Waals surface area contributed by atoms with Crippen LogP contribution in [-0.2, 0) is 4.79 Å². The van der Waals surface area contributed by atoms with E-state index in [2.05, 4.69) is 17.5 Å². The first-order valence-electron chi connectivity index (χ1n) is 11.5. The third-order valence-electron chi connectivity index (χ3n) is 7.01. The van der Waals surface area contributed by atoms with Crippen molar-refractivity contribution >= 4 is 5.91 Å². The number of aliphatic hydroxyl groups is 2. The van der Waals surface area contributed by atoms with Gasteiger partial charge in [-0.25, -0.2) is 0 Å². The highest BCUT2D eigenvalue weighted by Gasteiger charge is 2.45. The molecule has 0 heterocycles. The molecule has 3 rings (SSSR count). The van der Waals surface area contributed by atoms with Crippen molar-refractivity contribution in [2.45, 2.75) is 96.3 Å². The molecular formula is C24H39NO3. The van der Waals surface area contributed by atoms with Crippen LogP contribution in [0.5, 0.6) is 0 Å². The van der Waals surface area contributed by atoms with E-state index in [1.54, 1.807) is 0 Å². The lowest BCUT2D eigenvalue weighted by atomic mass is 9.89. The second kappa shape index (κ2) is 10.1. The van der Waals surface area contributed by atoms with Crippen LogP contribution in [0.2, 0.25) is 0 Å². The summed E-state index contributed by atoms with van der Waals surface area (Å²) in [4.78, 5) is 11.7. The largest absolute Gasteiger partial charge is 0.392 e. The minimum atomic E-state index is -0.345. The summed E-state index contributed by atoms with van der Waals surface area (Å²) in [5, 5.41) is 23.9. The summed E-state index contributed by atoms with van der Waals surface area (Å²) in [5.41, 5.74) is 1.50. The quantitative estimate of drug-likeness (QED) is 0.432. The van der Waals surface area contributed by atoms with E-state index in [1.165, 1.54) is 18.4 Å². The molecule has 0 aliphatic heterocycles. The highest BCUT2D eigenvalue weighted by atomic mass is 16.3. The molecule has 3 fully saturated rings. The molecule has 158 valence electrons. The fourth-order valence-electron chi connectivity index (χ4n) is 5.60. The van der Waals surface area contributed by atoms with Crippen LogP contribution in [0.1, 0.15) is 78.1 Å². The molecule has 0 unspecified atom stereocenters. The standard InChI is InChI=1S/C24H39NO3/c1-16(2)25-24(28)10-6-3-7-17-13-19-15-23(27)20(21(19)14-17)11-12-22(26)18-8-4-5-9-18/h7,11-12,16,18-23,26-27H,3-6,8-10,13-15H2,1-2H3,(H,25,28)/b12-11+,17-7+/t19-,20+,21-,22+,23+/m0/s1. The molecule has 0 bridgehead atoms. The van der Waals surface area contributed by atoms with E-state index in [4.69, 9.17) is 0 Å². The molecule has 28 heavy (non-hydrogen) atoms. The SMILES string of the molecule is CC(C)NC(=O)CCC/C=C1\C[C@H]2C[C@@H](O)[C@H](/C=C/[C@@H](O)C3CCCC3)[C@H]2C1. The van der Waals surface area contributed by atoms with Crippen LogP contribution in [0, 0.1) is 23.7 Å². The fraction of sp³-hybridized carbons (Fsp3) is 0.792. The molecule has 5 atom stereocenters. The van der Waals surface area contributed by atoms with Gasteiger partial charge >= 0.3 is 0 Å². The van der Waals surface area contributed by atoms with Gasteiger partial charge in [0.25, 0.3) is 0 Å². The minimum absolute atomic E-state index is 0.144. The van der Waals surface area contributed by atoms with Gasteiger partial charge < -0.3 is 15.5 Å². The average Bonchev–Trinajstić information content (AvgIpc) is 3.33. The van der Waals surface area contributed by atoms with Crippen LogP contribution in [-0.4, -0.2) is 34.4 Å². The van der Waals surface area contributed by atoms with Gasteiger partial charge in [-0.05, 0) is 76.5 Å². The third-order valence-corrected chi connectivity index (χ3v) is 7.01. The maximum Gasteiger partial charge on any atom is 0.220 e. The molecule has 4 heteroatoms. The summed E-state index contributed by atoms with van der Waals surface area (Å²) in [6.07, 6.45) is 16.1. The van der Waals surface area contributed by atoms with E-state index in [9.17, 15) is 15.0 Å². The summed E-state index contributed by atoms with van der Waals surface area (Å²) in [5.74, 6) is 1.83. The molecule has 1 amide bonds. The van der Waals surface area contributed by atoms with E-state index >= 15 is 0 Å². The zero-order chi connectivity index (χ0) is 20.1. The number of hydrogen-bond donors (Lipinski definition) is 3. The lowest BCUT2D eigenvalue weighted by Crippen LogP contribution is -2.29. The monoisotopic (exact) mass is 389 g/mol. The van der Waals surface area contributed by atoms with E-state index < -0.39 is 0 Å². The molecule has 0 radical (unpaired) electrons. The average molecular weight is 390 g/mol. The normalized spacial score (nSPS) is 33.2. The molecular weight excluding hydrogens is 350 g/mol. The number of allylic oxidation sites excluding steroid dienone is 2. The first kappa shape index (κ1) is 21.6. The zero-order valence-corrected chi connectivity index (χ0v) is 17.6. The Bertz CT molecular complexity index is 576. The van der Waals surface area contributed by atoms with Gasteiger partial charge in [-0.2, -0.15) is 0 Å². The van der Waals surface area contributed by atoms with Gasteiger partial charge in [0.15, 0.2) is 0 Å². The maximum absolute atomic E-state index is 11.7. The number of fused-ring (bicyclic) bond motifs is 1. The van der Waals surface area contributed by atoms with Crippen LogP contribution >= 0.6 is 0 Å². The van der Waals surface area contributed by atoms with Gasteiger partial charge in [0.1, 0.15) is 0 Å². The van der Waals surface area contributed by atoms with Crippen LogP contribution in [0.25, 0.3) is 0 Å². The van der Waals surface area contributed by atoms with Crippen molar-refractivity contribution < 1.29 is 15.0 Å². The Morgan fingerprint density at radius 2 is 2.00 bits per heavy atom. The Balaban J connectivity index is 1.46. The van der Waals surface area contributed by atoms with Gasteiger partial charge in [-0.3, -0.25) is 4.79 Å². The van der Waals surface area contributed by atoms with Crippen LogP contribution in [0.4, 0.5) is 0 Å². The first-order valence-corrected chi connectivity index (χ1v) is 11.5. The second-order valence-corrected chi connectivity index (χ2v) is 9.61. The topological polar surface area (TPSA) is 69.6 Å².